The molecule has 0 spiro atoms. The topological polar surface area (TPSA) is 591 Å². The molecule has 0 aliphatic carbocycles. The van der Waals surface area contributed by atoms with Crippen LogP contribution in [0.15, 0.2) is 0 Å². The van der Waals surface area contributed by atoms with Crippen LogP contribution in [-0.2, 0) is 119 Å². The lowest BCUT2D eigenvalue weighted by atomic mass is 9.97. The molecule has 4 rings (SSSR count). The molecule has 18 atom stereocenters. The van der Waals surface area contributed by atoms with Crippen molar-refractivity contribution >= 4 is 53.2 Å². The third-order valence-corrected chi connectivity index (χ3v) is 16.3. The number of unbranched alkanes of at least 4 members (excludes halogenated alkanes) is 2. The van der Waals surface area contributed by atoms with Gasteiger partial charge in [0.2, 0.25) is 41.4 Å². The number of carbonyl (C=O) groups excluding carboxylic acids is 9. The third kappa shape index (κ3) is 36.3. The number of amides is 8. The fourth-order valence-electron chi connectivity index (χ4n) is 10.8. The summed E-state index contributed by atoms with van der Waals surface area (Å²) >= 11 is 0. The van der Waals surface area contributed by atoms with Gasteiger partial charge in [-0.2, -0.15) is 0 Å². The van der Waals surface area contributed by atoms with E-state index in [1.165, 1.54) is 20.8 Å². The molecule has 4 heterocycles. The predicted molar refractivity (Wildman–Crippen MR) is 357 cm³/mol. The summed E-state index contributed by atoms with van der Waals surface area (Å²) in [5, 5.41) is 119. The first-order chi connectivity index (χ1) is 51.4. The average Bonchev–Trinajstić information content (AvgIpc) is 1.60. The van der Waals surface area contributed by atoms with E-state index in [1.54, 1.807) is 0 Å². The Bertz CT molecular complexity index is 2580. The summed E-state index contributed by atoms with van der Waals surface area (Å²) in [6.45, 7) is 1.93. The molecule has 43 nitrogen and oxygen atoms in total. The van der Waals surface area contributed by atoms with Crippen LogP contribution in [0.3, 0.4) is 0 Å². The highest BCUT2D eigenvalue weighted by Crippen LogP contribution is 2.26. The number of hydrogen-bond acceptors (Lipinski definition) is 35. The van der Waals surface area contributed by atoms with E-state index >= 15 is 0 Å². The van der Waals surface area contributed by atoms with Crippen molar-refractivity contribution in [1.29, 1.82) is 0 Å². The van der Waals surface area contributed by atoms with Gasteiger partial charge in [0.25, 0.3) is 5.91 Å². The normalized spacial score (nSPS) is 26.4. The van der Waals surface area contributed by atoms with Crippen LogP contribution in [0.5, 0.6) is 0 Å². The van der Waals surface area contributed by atoms with E-state index in [2.05, 4.69) is 37.2 Å². The molecule has 4 aliphatic heterocycles. The van der Waals surface area contributed by atoms with Crippen LogP contribution in [-0.4, -0.2) is 391 Å². The number of nitrogens with one attached hydrogen (secondary N) is 7. The molecule has 4 saturated heterocycles. The second-order valence-electron chi connectivity index (χ2n) is 24.8. The van der Waals surface area contributed by atoms with Crippen molar-refractivity contribution in [2.45, 2.75) is 182 Å². The smallest absolute Gasteiger partial charge is 0.354 e. The van der Waals surface area contributed by atoms with E-state index in [0.717, 1.165) is 0 Å². The Morgan fingerprint density at radius 1 is 0.421 bits per heavy atom. The molecule has 107 heavy (non-hydrogen) atoms. The lowest BCUT2D eigenvalue weighted by molar-refractivity contribution is -0.272. The number of aliphatic hydroxyl groups excluding tert-OH is 10. The maximum absolute atomic E-state index is 14.1. The van der Waals surface area contributed by atoms with Gasteiger partial charge < -0.3 is 164 Å². The van der Waals surface area contributed by atoms with Gasteiger partial charge in [0.15, 0.2) is 25.1 Å². The molecule has 8 amide bonds. The first-order valence-electron chi connectivity index (χ1n) is 35.5. The van der Waals surface area contributed by atoms with Gasteiger partial charge >= 0.3 is 5.97 Å². The number of carbonyl (C=O) groups is 9. The van der Waals surface area contributed by atoms with Crippen LogP contribution in [0.2, 0.25) is 0 Å². The third-order valence-electron chi connectivity index (χ3n) is 16.3. The summed E-state index contributed by atoms with van der Waals surface area (Å²) in [7, 11) is 0. The molecule has 0 aromatic heterocycles. The molecule has 0 bridgehead atoms. The van der Waals surface area contributed by atoms with Gasteiger partial charge in [-0.25, -0.2) is 4.79 Å². The number of hydrogen-bond donors (Lipinski definition) is 17. The zero-order valence-electron chi connectivity index (χ0n) is 60.6. The van der Waals surface area contributed by atoms with Crippen LogP contribution >= 0.6 is 0 Å². The molecule has 17 N–H and O–H groups in total. The van der Waals surface area contributed by atoms with E-state index in [-0.39, 0.29) is 190 Å². The Hall–Kier alpha value is -5.77. The quantitative estimate of drug-likeness (QED) is 0.0251. The lowest BCUT2D eigenvalue weighted by Gasteiger charge is -2.42. The first-order valence-corrected chi connectivity index (χ1v) is 35.5. The molecule has 1 unspecified atom stereocenters. The highest BCUT2D eigenvalue weighted by Gasteiger charge is 2.48. The summed E-state index contributed by atoms with van der Waals surface area (Å²) in [5.41, 5.74) is 0. The molecule has 4 aliphatic rings. The van der Waals surface area contributed by atoms with Gasteiger partial charge in [0.1, 0.15) is 105 Å². The molecular weight excluding hydrogens is 1440 g/mol. The Balaban J connectivity index is 1.19. The summed E-state index contributed by atoms with van der Waals surface area (Å²) in [6.07, 6.45) is -16.5. The number of ether oxygens (including phenoxy) is 15. The minimum Gasteiger partial charge on any atom is -0.394 e. The van der Waals surface area contributed by atoms with Gasteiger partial charge in [-0.15, -0.1) is 5.06 Å². The van der Waals surface area contributed by atoms with Crippen molar-refractivity contribution in [3.05, 3.63) is 0 Å². The average molecular weight is 1550 g/mol. The first kappa shape index (κ1) is 93.6. The second-order valence-corrected chi connectivity index (χ2v) is 24.8. The maximum atomic E-state index is 14.1. The lowest BCUT2D eigenvalue weighted by Crippen LogP contribution is -2.64. The molecule has 0 saturated carbocycles. The van der Waals surface area contributed by atoms with Crippen LogP contribution in [0, 0.1) is 0 Å². The fourth-order valence-corrected chi connectivity index (χ4v) is 10.8. The predicted octanol–water partition coefficient (Wildman–Crippen LogP) is -10.0. The summed E-state index contributed by atoms with van der Waals surface area (Å²) in [5.74, 6) is -5.80. The molecule has 0 aromatic carbocycles. The second kappa shape index (κ2) is 54.0. The fraction of sp³-hybridized carbons (Fsp3) is 0.859. The van der Waals surface area contributed by atoms with Crippen molar-refractivity contribution in [1.82, 2.24) is 42.3 Å². The number of hydroxylamine groups is 2. The molecule has 0 aromatic rings. The van der Waals surface area contributed by atoms with Gasteiger partial charge in [-0.05, 0) is 38.5 Å². The van der Waals surface area contributed by atoms with Crippen molar-refractivity contribution < 1.29 is 170 Å². The zero-order valence-corrected chi connectivity index (χ0v) is 60.6. The van der Waals surface area contributed by atoms with Crippen molar-refractivity contribution in [3.63, 3.8) is 0 Å². The van der Waals surface area contributed by atoms with Crippen molar-refractivity contribution in [2.24, 2.45) is 0 Å². The van der Waals surface area contributed by atoms with E-state index < -0.39 is 190 Å². The minimum absolute atomic E-state index is 0.00978. The SMILES string of the molecule is CC(=O)N[C@H]1[C@H](OCCOCCOCCOCC(=O)NCCCC[C@H](NC(=O)COCCOCCOCCO[C@@H]2O[C@H](CO)[C@H](O)[C@H](O)[C@H]2NC(C)=O)C(=O)N[C@@H](CCCCNC(=O)COCCOCCOCCO[C@@H]2O[C@H](CO)[C@H](O)[C@H](O)[C@H]2NC(C)=O)C(=O)ON2C(=O)CCC2O)O[C@H](CO)[C@H](O)[C@@H]1O. The maximum Gasteiger partial charge on any atom is 0.354 e. The molecule has 4 fully saturated rings. The molecule has 43 heteroatoms. The number of rotatable bonds is 57. The highest BCUT2D eigenvalue weighted by atomic mass is 16.7. The summed E-state index contributed by atoms with van der Waals surface area (Å²) in [4.78, 5) is 119. The van der Waals surface area contributed by atoms with Gasteiger partial charge in [-0.3, -0.25) is 38.4 Å². The molecule has 0 radical (unpaired) electrons. The molecule has 618 valence electrons. The van der Waals surface area contributed by atoms with Crippen LogP contribution in [0.1, 0.15) is 72.1 Å². The molecular formula is C64H112N8O35. The van der Waals surface area contributed by atoms with E-state index in [4.69, 9.17) is 75.9 Å². The number of nitrogens with zero attached hydrogens (tertiary/aromatic N) is 1. The van der Waals surface area contributed by atoms with Crippen LogP contribution in [0.4, 0.5) is 0 Å². The summed E-state index contributed by atoms with van der Waals surface area (Å²) in [6, 6.07) is -6.06. The standard InChI is InChI=1S/C64H112N8O35/c1-38(76)67-51-57(87)54(84)43(32-73)104-62(51)101-29-26-95-17-14-92-20-23-98-35-46(79)65-12-6-4-8-41(70-48(81)37-100-25-22-94-16-19-97-28-31-103-64-53(69-40(3)78)59(89)56(86)45(34-75)106-64)60(90)71-42(61(91)107-72-49(82)10-11-50(72)83)9-5-7-13-66-47(80)36-99-24-21-93-15-18-96-27-30-102-63-52(68-39(2)77)58(88)55(85)44(33-74)105-63/h41-45,49,51-59,62-64,73-75,82,84-89H,4-37H2,1-3H3,(H,65,79)(H,66,80)(H,67,76)(H,68,77)(H,69,78)(H,70,81)(H,71,90)/t41-,42-,43+,44+,45+,49?,51+,52+,53+,54-,55-,56-,57+,58+,59+,62+,63+,64+/m0/s1. The Kier molecular flexibility index (Phi) is 47.2. The Labute approximate surface area is 617 Å². The van der Waals surface area contributed by atoms with Gasteiger partial charge in [0.05, 0.1) is 139 Å². The monoisotopic (exact) mass is 1550 g/mol. The van der Waals surface area contributed by atoms with Gasteiger partial charge in [-0.1, -0.05) is 0 Å². The van der Waals surface area contributed by atoms with Crippen molar-refractivity contribution in [2.75, 3.05) is 172 Å². The van der Waals surface area contributed by atoms with E-state index in [0.29, 0.717) is 11.5 Å². The summed E-state index contributed by atoms with van der Waals surface area (Å²) < 4.78 is 82.5. The van der Waals surface area contributed by atoms with Gasteiger partial charge in [0, 0.05) is 46.7 Å². The van der Waals surface area contributed by atoms with Crippen LogP contribution in [0.25, 0.3) is 0 Å². The Morgan fingerprint density at radius 3 is 1.06 bits per heavy atom. The van der Waals surface area contributed by atoms with E-state index in [9.17, 15) is 94.2 Å². The van der Waals surface area contributed by atoms with E-state index in [1.807, 2.05) is 0 Å². The van der Waals surface area contributed by atoms with Crippen LogP contribution < -0.4 is 37.2 Å². The van der Waals surface area contributed by atoms with Crippen molar-refractivity contribution in [3.8, 4) is 0 Å². The zero-order chi connectivity index (χ0) is 78.5. The highest BCUT2D eigenvalue weighted by molar-refractivity contribution is 5.91. The number of aliphatic hydroxyl groups is 10. The Morgan fingerprint density at radius 2 is 0.738 bits per heavy atom. The largest absolute Gasteiger partial charge is 0.394 e. The minimum atomic E-state index is -1.48.